The van der Waals surface area contributed by atoms with Crippen LogP contribution in [0.4, 0.5) is 4.79 Å². The van der Waals surface area contributed by atoms with Crippen LogP contribution in [0.5, 0.6) is 0 Å². The monoisotopic (exact) mass is 148 g/mol. The maximum atomic E-state index is 10.5. The van der Waals surface area contributed by atoms with Crippen LogP contribution in [0.1, 0.15) is 0 Å². The van der Waals surface area contributed by atoms with Crippen molar-refractivity contribution in [3.63, 3.8) is 0 Å². The Bertz CT molecular complexity index is 87.0. The molecule has 0 atom stereocenters. The molecule has 0 aliphatic heterocycles. The third kappa shape index (κ3) is 5.65. The van der Waals surface area contributed by atoms with Gasteiger partial charge in [-0.15, -0.1) is 0 Å². The fourth-order valence-electron chi connectivity index (χ4n) is 0.362. The van der Waals surface area contributed by atoms with Crippen molar-refractivity contribution in [2.24, 2.45) is 0 Å². The summed E-state index contributed by atoms with van der Waals surface area (Å²) in [5.74, 6) is 0. The minimum atomic E-state index is 0.0326. The number of thioether (sulfide) groups is 1. The second kappa shape index (κ2) is 5.91. The van der Waals surface area contributed by atoms with Crippen molar-refractivity contribution >= 4 is 17.0 Å². The molecule has 0 rings (SSSR count). The van der Waals surface area contributed by atoms with Gasteiger partial charge in [0.25, 0.3) is 5.24 Å². The number of carbonyl (C=O) groups excluding carboxylic acids is 1. The molecule has 0 bridgehead atoms. The molecule has 0 aromatic rings. The van der Waals surface area contributed by atoms with E-state index in [1.165, 1.54) is 11.8 Å². The summed E-state index contributed by atoms with van der Waals surface area (Å²) in [6.45, 7) is 1.53. The van der Waals surface area contributed by atoms with E-state index in [4.69, 9.17) is 0 Å². The van der Waals surface area contributed by atoms with Crippen LogP contribution < -0.4 is 10.6 Å². The first-order valence-corrected chi connectivity index (χ1v) is 4.00. The Morgan fingerprint density at radius 1 is 1.56 bits per heavy atom. The Hall–Kier alpha value is -0.220. The van der Waals surface area contributed by atoms with Crippen LogP contribution in [-0.4, -0.2) is 31.6 Å². The van der Waals surface area contributed by atoms with Crippen LogP contribution in [-0.2, 0) is 0 Å². The number of likely N-dealkylation sites (N-methyl/N-ethyl adjacent to an activating group) is 1. The van der Waals surface area contributed by atoms with Gasteiger partial charge in [-0.05, 0) is 13.3 Å². The molecule has 0 fully saturated rings. The van der Waals surface area contributed by atoms with E-state index in [9.17, 15) is 4.79 Å². The van der Waals surface area contributed by atoms with E-state index in [0.29, 0.717) is 6.54 Å². The van der Waals surface area contributed by atoms with E-state index in [-0.39, 0.29) is 5.24 Å². The summed E-state index contributed by atoms with van der Waals surface area (Å²) < 4.78 is 0. The standard InChI is InChI=1S/C5H12N2OS/c1-6-3-4-7-5(8)9-2/h6H,3-4H2,1-2H3,(H,7,8). The molecule has 2 N–H and O–H groups in total. The first-order chi connectivity index (χ1) is 4.31. The molecule has 3 nitrogen and oxygen atoms in total. The minimum Gasteiger partial charge on any atom is -0.346 e. The van der Waals surface area contributed by atoms with Gasteiger partial charge < -0.3 is 10.6 Å². The van der Waals surface area contributed by atoms with Gasteiger partial charge in [-0.3, -0.25) is 4.79 Å². The van der Waals surface area contributed by atoms with E-state index in [0.717, 1.165) is 6.54 Å². The van der Waals surface area contributed by atoms with Gasteiger partial charge in [0.1, 0.15) is 0 Å². The SMILES string of the molecule is CNCCNC(=O)SC. The molecular formula is C5H12N2OS. The van der Waals surface area contributed by atoms with Crippen molar-refractivity contribution in [1.29, 1.82) is 0 Å². The molecule has 0 saturated heterocycles. The highest BCUT2D eigenvalue weighted by atomic mass is 32.2. The van der Waals surface area contributed by atoms with Gasteiger partial charge in [0.05, 0.1) is 0 Å². The maximum Gasteiger partial charge on any atom is 0.278 e. The summed E-state index contributed by atoms with van der Waals surface area (Å²) in [4.78, 5) is 10.5. The van der Waals surface area contributed by atoms with Gasteiger partial charge in [-0.1, -0.05) is 11.8 Å². The van der Waals surface area contributed by atoms with Crippen LogP contribution in [0.25, 0.3) is 0 Å². The zero-order valence-electron chi connectivity index (χ0n) is 5.73. The molecule has 0 aliphatic carbocycles. The van der Waals surface area contributed by atoms with Crippen molar-refractivity contribution in [1.82, 2.24) is 10.6 Å². The zero-order valence-corrected chi connectivity index (χ0v) is 6.55. The molecule has 0 aromatic carbocycles. The summed E-state index contributed by atoms with van der Waals surface area (Å²) in [6.07, 6.45) is 1.76. The molecule has 9 heavy (non-hydrogen) atoms. The third-order valence-corrected chi connectivity index (χ3v) is 1.34. The summed E-state index contributed by atoms with van der Waals surface area (Å²) in [6, 6.07) is 0. The Balaban J connectivity index is 2.97. The Kier molecular flexibility index (Phi) is 5.76. The minimum absolute atomic E-state index is 0.0326. The summed E-state index contributed by atoms with van der Waals surface area (Å²) in [5.41, 5.74) is 0. The highest BCUT2D eigenvalue weighted by Crippen LogP contribution is 1.90. The van der Waals surface area contributed by atoms with Gasteiger partial charge in [0, 0.05) is 13.1 Å². The summed E-state index contributed by atoms with van der Waals surface area (Å²) >= 11 is 1.20. The summed E-state index contributed by atoms with van der Waals surface area (Å²) in [7, 11) is 1.85. The molecule has 0 aliphatic rings. The largest absolute Gasteiger partial charge is 0.346 e. The highest BCUT2D eigenvalue weighted by molar-refractivity contribution is 8.12. The quantitative estimate of drug-likeness (QED) is 0.565. The lowest BCUT2D eigenvalue weighted by molar-refractivity contribution is 0.261. The van der Waals surface area contributed by atoms with Crippen molar-refractivity contribution in [3.05, 3.63) is 0 Å². The van der Waals surface area contributed by atoms with Gasteiger partial charge in [-0.2, -0.15) is 0 Å². The molecule has 0 aromatic heterocycles. The number of rotatable bonds is 3. The number of hydrogen-bond acceptors (Lipinski definition) is 3. The van der Waals surface area contributed by atoms with E-state index in [1.54, 1.807) is 6.26 Å². The van der Waals surface area contributed by atoms with Gasteiger partial charge in [-0.25, -0.2) is 0 Å². The predicted molar refractivity (Wildman–Crippen MR) is 40.8 cm³/mol. The lowest BCUT2D eigenvalue weighted by atomic mass is 10.6. The molecule has 54 valence electrons. The first kappa shape index (κ1) is 8.78. The average molecular weight is 148 g/mol. The van der Waals surface area contributed by atoms with Crippen LogP contribution in [0.3, 0.4) is 0 Å². The van der Waals surface area contributed by atoms with E-state index < -0.39 is 0 Å². The molecule has 0 saturated carbocycles. The molecule has 0 unspecified atom stereocenters. The third-order valence-electron chi connectivity index (χ3n) is 0.830. The fraction of sp³-hybridized carbons (Fsp3) is 0.800. The van der Waals surface area contributed by atoms with Gasteiger partial charge in [0.2, 0.25) is 0 Å². The van der Waals surface area contributed by atoms with E-state index >= 15 is 0 Å². The smallest absolute Gasteiger partial charge is 0.278 e. The molecule has 4 heteroatoms. The van der Waals surface area contributed by atoms with E-state index in [2.05, 4.69) is 10.6 Å². The average Bonchev–Trinajstić information content (AvgIpc) is 1.89. The Labute approximate surface area is 59.6 Å². The normalized spacial score (nSPS) is 9.11. The number of nitrogens with one attached hydrogen (secondary N) is 2. The molecule has 0 spiro atoms. The first-order valence-electron chi connectivity index (χ1n) is 2.77. The maximum absolute atomic E-state index is 10.5. The lowest BCUT2D eigenvalue weighted by Crippen LogP contribution is -2.27. The van der Waals surface area contributed by atoms with Crippen LogP contribution in [0.2, 0.25) is 0 Å². The van der Waals surface area contributed by atoms with Crippen molar-refractivity contribution < 1.29 is 4.79 Å². The molecule has 1 amide bonds. The zero-order chi connectivity index (χ0) is 7.11. The molecule has 0 radical (unpaired) electrons. The Morgan fingerprint density at radius 2 is 2.22 bits per heavy atom. The van der Waals surface area contributed by atoms with Crippen LogP contribution >= 0.6 is 11.8 Å². The lowest BCUT2D eigenvalue weighted by Gasteiger charge is -1.99. The second-order valence-corrected chi connectivity index (χ2v) is 2.30. The van der Waals surface area contributed by atoms with Gasteiger partial charge >= 0.3 is 0 Å². The van der Waals surface area contributed by atoms with Crippen molar-refractivity contribution in [2.75, 3.05) is 26.4 Å². The van der Waals surface area contributed by atoms with Gasteiger partial charge in [0.15, 0.2) is 0 Å². The van der Waals surface area contributed by atoms with Crippen molar-refractivity contribution in [3.8, 4) is 0 Å². The number of carbonyl (C=O) groups is 1. The number of hydrogen-bond donors (Lipinski definition) is 2. The van der Waals surface area contributed by atoms with Crippen LogP contribution in [0.15, 0.2) is 0 Å². The molecular weight excluding hydrogens is 136 g/mol. The fourth-order valence-corrected chi connectivity index (χ4v) is 0.608. The molecule has 0 heterocycles. The van der Waals surface area contributed by atoms with Crippen molar-refractivity contribution in [2.45, 2.75) is 0 Å². The summed E-state index contributed by atoms with van der Waals surface area (Å²) in [5, 5.41) is 5.65. The van der Waals surface area contributed by atoms with E-state index in [1.807, 2.05) is 7.05 Å². The second-order valence-electron chi connectivity index (χ2n) is 1.52. The topological polar surface area (TPSA) is 41.1 Å². The Morgan fingerprint density at radius 3 is 2.67 bits per heavy atom. The highest BCUT2D eigenvalue weighted by Gasteiger charge is 1.92. The number of amides is 1. The van der Waals surface area contributed by atoms with Crippen LogP contribution in [0, 0.1) is 0 Å². The predicted octanol–water partition coefficient (Wildman–Crippen LogP) is 0.278.